The van der Waals surface area contributed by atoms with Gasteiger partial charge in [-0.25, -0.2) is 19.2 Å². The minimum atomic E-state index is -1.23. The molecule has 38 heavy (non-hydrogen) atoms. The molecule has 1 aliphatic heterocycles. The molecule has 1 heterocycles. The van der Waals surface area contributed by atoms with Crippen molar-refractivity contribution >= 4 is 45.4 Å². The van der Waals surface area contributed by atoms with Gasteiger partial charge in [-0.05, 0) is 33.7 Å². The van der Waals surface area contributed by atoms with E-state index in [0.717, 1.165) is 26.4 Å². The van der Waals surface area contributed by atoms with Crippen molar-refractivity contribution in [3.8, 4) is 0 Å². The number of rotatable bonds is 4. The van der Waals surface area contributed by atoms with Gasteiger partial charge in [-0.2, -0.15) is 0 Å². The SMILES string of the molecule is C1COCCO1.O=C(O)c1ccc2ccccc2c1C(=O)O.O=C(O)c1ccc2ccccc2c1C(=O)O. The number of carbonyl (C=O) groups is 4. The van der Waals surface area contributed by atoms with Crippen molar-refractivity contribution in [2.24, 2.45) is 0 Å². The average molecular weight is 520 g/mol. The highest BCUT2D eigenvalue weighted by molar-refractivity contribution is 6.12. The van der Waals surface area contributed by atoms with Gasteiger partial charge in [-0.15, -0.1) is 0 Å². The van der Waals surface area contributed by atoms with Crippen molar-refractivity contribution in [2.75, 3.05) is 26.4 Å². The van der Waals surface area contributed by atoms with E-state index in [2.05, 4.69) is 0 Å². The van der Waals surface area contributed by atoms with Crippen molar-refractivity contribution in [3.63, 3.8) is 0 Å². The van der Waals surface area contributed by atoms with Crippen LogP contribution in [0.1, 0.15) is 41.4 Å². The van der Waals surface area contributed by atoms with Gasteiger partial charge in [0.25, 0.3) is 0 Å². The van der Waals surface area contributed by atoms with Crippen molar-refractivity contribution in [1.29, 1.82) is 0 Å². The van der Waals surface area contributed by atoms with Gasteiger partial charge in [0.1, 0.15) is 0 Å². The van der Waals surface area contributed by atoms with E-state index in [4.69, 9.17) is 29.9 Å². The number of benzene rings is 4. The molecule has 0 spiro atoms. The second-order valence-corrected chi connectivity index (χ2v) is 7.86. The Balaban J connectivity index is 0.000000173. The summed E-state index contributed by atoms with van der Waals surface area (Å²) in [6, 6.07) is 19.4. The third kappa shape index (κ3) is 6.69. The third-order valence-corrected chi connectivity index (χ3v) is 5.49. The lowest BCUT2D eigenvalue weighted by Gasteiger charge is -2.09. The van der Waals surface area contributed by atoms with Crippen LogP contribution in [-0.4, -0.2) is 70.7 Å². The molecule has 0 saturated carbocycles. The summed E-state index contributed by atoms with van der Waals surface area (Å²) in [5.74, 6) is -4.92. The molecule has 4 aromatic rings. The molecule has 0 aromatic heterocycles. The number of hydrogen-bond donors (Lipinski definition) is 4. The van der Waals surface area contributed by atoms with E-state index in [1.54, 1.807) is 60.7 Å². The van der Waals surface area contributed by atoms with Crippen molar-refractivity contribution < 1.29 is 49.1 Å². The zero-order chi connectivity index (χ0) is 27.7. The highest BCUT2D eigenvalue weighted by Gasteiger charge is 2.19. The van der Waals surface area contributed by atoms with E-state index in [1.165, 1.54) is 12.1 Å². The normalized spacial score (nSPS) is 12.4. The molecule has 4 N–H and O–H groups in total. The highest BCUT2D eigenvalue weighted by Crippen LogP contribution is 2.23. The Bertz CT molecular complexity index is 1370. The van der Waals surface area contributed by atoms with Gasteiger partial charge in [-0.3, -0.25) is 0 Å². The maximum absolute atomic E-state index is 11.1. The van der Waals surface area contributed by atoms with Crippen LogP contribution in [0, 0.1) is 0 Å². The number of hydrogen-bond acceptors (Lipinski definition) is 6. The first kappa shape index (κ1) is 27.8. The lowest BCUT2D eigenvalue weighted by Crippen LogP contribution is -2.16. The second-order valence-electron chi connectivity index (χ2n) is 7.86. The Morgan fingerprint density at radius 2 is 0.816 bits per heavy atom. The largest absolute Gasteiger partial charge is 0.478 e. The monoisotopic (exact) mass is 520 g/mol. The molecule has 1 saturated heterocycles. The molecular formula is C28H24O10. The Labute approximate surface area is 216 Å². The second kappa shape index (κ2) is 12.9. The van der Waals surface area contributed by atoms with Crippen LogP contribution in [0.4, 0.5) is 0 Å². The molecule has 10 heteroatoms. The van der Waals surface area contributed by atoms with Crippen LogP contribution in [0.2, 0.25) is 0 Å². The summed E-state index contributed by atoms with van der Waals surface area (Å²) in [6.45, 7) is 3.11. The van der Waals surface area contributed by atoms with Crippen LogP contribution >= 0.6 is 0 Å². The van der Waals surface area contributed by atoms with Gasteiger partial charge in [0.2, 0.25) is 0 Å². The summed E-state index contributed by atoms with van der Waals surface area (Å²) in [5.41, 5.74) is -0.700. The van der Waals surface area contributed by atoms with E-state index in [-0.39, 0.29) is 22.3 Å². The van der Waals surface area contributed by atoms with Crippen molar-refractivity contribution in [2.45, 2.75) is 0 Å². The number of fused-ring (bicyclic) bond motifs is 2. The molecule has 196 valence electrons. The first-order valence-electron chi connectivity index (χ1n) is 11.3. The molecule has 0 amide bonds. The van der Waals surface area contributed by atoms with Gasteiger partial charge in [0.05, 0.1) is 48.7 Å². The molecule has 1 fully saturated rings. The predicted octanol–water partition coefficient (Wildman–Crippen LogP) is 4.51. The van der Waals surface area contributed by atoms with E-state index < -0.39 is 23.9 Å². The maximum Gasteiger partial charge on any atom is 0.337 e. The third-order valence-electron chi connectivity index (χ3n) is 5.49. The van der Waals surface area contributed by atoms with Gasteiger partial charge >= 0.3 is 23.9 Å². The fraction of sp³-hybridized carbons (Fsp3) is 0.143. The number of ether oxygens (including phenoxy) is 2. The van der Waals surface area contributed by atoms with Crippen LogP contribution < -0.4 is 0 Å². The Morgan fingerprint density at radius 1 is 0.474 bits per heavy atom. The van der Waals surface area contributed by atoms with E-state index in [0.29, 0.717) is 21.5 Å². The van der Waals surface area contributed by atoms with Crippen LogP contribution in [0.3, 0.4) is 0 Å². The Hall–Kier alpha value is -4.80. The Morgan fingerprint density at radius 3 is 1.11 bits per heavy atom. The molecule has 4 aromatic carbocycles. The maximum atomic E-state index is 11.1. The molecule has 5 rings (SSSR count). The Kier molecular flexibility index (Phi) is 9.47. The van der Waals surface area contributed by atoms with Crippen molar-refractivity contribution in [1.82, 2.24) is 0 Å². The van der Waals surface area contributed by atoms with E-state index >= 15 is 0 Å². The van der Waals surface area contributed by atoms with Crippen LogP contribution in [-0.2, 0) is 9.47 Å². The summed E-state index contributed by atoms with van der Waals surface area (Å²) in [5, 5.41) is 38.2. The minimum Gasteiger partial charge on any atom is -0.478 e. The van der Waals surface area contributed by atoms with Gasteiger partial charge in [0, 0.05) is 0 Å². The predicted molar refractivity (Wildman–Crippen MR) is 137 cm³/mol. The lowest BCUT2D eigenvalue weighted by molar-refractivity contribution is -0.0334. The minimum absolute atomic E-state index is 0.161. The number of aromatic carboxylic acids is 4. The summed E-state index contributed by atoms with van der Waals surface area (Å²) in [7, 11) is 0. The zero-order valence-corrected chi connectivity index (χ0v) is 20.0. The standard InChI is InChI=1S/2C12H8O4.C4H8O2/c2*13-11(14)9-6-5-7-3-1-2-4-8(7)10(9)12(15)16;1-2-6-4-3-5-1/h2*1-6H,(H,13,14)(H,15,16);1-4H2. The van der Waals surface area contributed by atoms with Crippen LogP contribution in [0.15, 0.2) is 72.8 Å². The van der Waals surface area contributed by atoms with Gasteiger partial charge < -0.3 is 29.9 Å². The van der Waals surface area contributed by atoms with Crippen molar-refractivity contribution in [3.05, 3.63) is 95.1 Å². The first-order chi connectivity index (χ1) is 18.2. The number of carboxylic acids is 4. The molecule has 0 atom stereocenters. The molecule has 0 radical (unpaired) electrons. The lowest BCUT2D eigenvalue weighted by atomic mass is 9.99. The fourth-order valence-corrected chi connectivity index (χ4v) is 3.80. The molecule has 0 bridgehead atoms. The summed E-state index contributed by atoms with van der Waals surface area (Å²) in [6.07, 6.45) is 0. The summed E-state index contributed by atoms with van der Waals surface area (Å²) >= 11 is 0. The number of carboxylic acid groups (broad SMARTS) is 4. The smallest absolute Gasteiger partial charge is 0.337 e. The molecular weight excluding hydrogens is 496 g/mol. The van der Waals surface area contributed by atoms with Crippen LogP contribution in [0.5, 0.6) is 0 Å². The van der Waals surface area contributed by atoms with Gasteiger partial charge in [0.15, 0.2) is 0 Å². The molecule has 10 nitrogen and oxygen atoms in total. The molecule has 1 aliphatic rings. The van der Waals surface area contributed by atoms with Crippen LogP contribution in [0.25, 0.3) is 21.5 Å². The first-order valence-corrected chi connectivity index (χ1v) is 11.3. The van der Waals surface area contributed by atoms with E-state index in [9.17, 15) is 19.2 Å². The fourth-order valence-electron chi connectivity index (χ4n) is 3.80. The topological polar surface area (TPSA) is 168 Å². The summed E-state index contributed by atoms with van der Waals surface area (Å²) in [4.78, 5) is 44.0. The average Bonchev–Trinajstić information content (AvgIpc) is 2.93. The van der Waals surface area contributed by atoms with Gasteiger partial charge in [-0.1, -0.05) is 60.7 Å². The van der Waals surface area contributed by atoms with E-state index in [1.807, 2.05) is 0 Å². The zero-order valence-electron chi connectivity index (χ0n) is 20.0. The highest BCUT2D eigenvalue weighted by atomic mass is 16.6. The summed E-state index contributed by atoms with van der Waals surface area (Å²) < 4.78 is 9.89. The molecule has 0 aliphatic carbocycles. The quantitative estimate of drug-likeness (QED) is 0.300. The molecule has 0 unspecified atom stereocenters.